The van der Waals surface area contributed by atoms with Crippen molar-refractivity contribution in [2.45, 2.75) is 59.2 Å². The second-order valence-corrected chi connectivity index (χ2v) is 8.14. The Balaban J connectivity index is 2.50. The maximum absolute atomic E-state index is 13.0. The maximum atomic E-state index is 13.0. The highest BCUT2D eigenvalue weighted by Crippen LogP contribution is 2.42. The van der Waals surface area contributed by atoms with Crippen LogP contribution in [0.15, 0.2) is 24.3 Å². The molecule has 1 aromatic carbocycles. The Morgan fingerprint density at radius 3 is 2.26 bits per heavy atom. The zero-order chi connectivity index (χ0) is 17.6. The quantitative estimate of drug-likeness (QED) is 0.910. The Labute approximate surface area is 137 Å². The minimum absolute atomic E-state index is 0.00838. The summed E-state index contributed by atoms with van der Waals surface area (Å²) in [7, 11) is 0. The van der Waals surface area contributed by atoms with Gasteiger partial charge in [-0.1, -0.05) is 32.9 Å². The van der Waals surface area contributed by atoms with E-state index in [-0.39, 0.29) is 16.7 Å². The molecule has 0 radical (unpaired) electrons. The van der Waals surface area contributed by atoms with Gasteiger partial charge in [0.2, 0.25) is 5.91 Å². The molecule has 1 aromatic rings. The molecule has 0 aromatic heterocycles. The summed E-state index contributed by atoms with van der Waals surface area (Å²) in [6.45, 7) is 11.9. The van der Waals surface area contributed by atoms with Crippen molar-refractivity contribution in [1.82, 2.24) is 5.06 Å². The van der Waals surface area contributed by atoms with Gasteiger partial charge < -0.3 is 5.73 Å². The first-order valence-corrected chi connectivity index (χ1v) is 7.82. The zero-order valence-electron chi connectivity index (χ0n) is 14.7. The molecule has 1 saturated heterocycles. The van der Waals surface area contributed by atoms with Gasteiger partial charge in [-0.2, -0.15) is 5.06 Å². The predicted molar refractivity (Wildman–Crippen MR) is 88.6 cm³/mol. The average Bonchev–Trinajstić information content (AvgIpc) is 2.76. The van der Waals surface area contributed by atoms with Crippen molar-refractivity contribution >= 4 is 11.7 Å². The molecule has 126 valence electrons. The molecule has 2 unspecified atom stereocenters. The van der Waals surface area contributed by atoms with E-state index in [1.54, 1.807) is 23.3 Å². The van der Waals surface area contributed by atoms with E-state index < -0.39 is 18.1 Å². The topological polar surface area (TPSA) is 72.6 Å². The summed E-state index contributed by atoms with van der Waals surface area (Å²) < 4.78 is 0. The fraction of sp³-hybridized carbons (Fsp3) is 0.556. The Morgan fingerprint density at radius 2 is 1.78 bits per heavy atom. The van der Waals surface area contributed by atoms with Crippen molar-refractivity contribution in [3.63, 3.8) is 0 Å². The Morgan fingerprint density at radius 1 is 1.17 bits per heavy atom. The molecule has 1 heterocycles. The van der Waals surface area contributed by atoms with Crippen LogP contribution in [0.25, 0.3) is 0 Å². The van der Waals surface area contributed by atoms with E-state index in [4.69, 9.17) is 10.6 Å². The van der Waals surface area contributed by atoms with Crippen molar-refractivity contribution in [1.29, 1.82) is 0 Å². The number of hydrogen-bond acceptors (Lipinski definition) is 4. The SMILES string of the molecule is CC(C)(C)C1ON(C(C)(C)C)C(c2cccc(C(N)=O)c2)C1=O. The van der Waals surface area contributed by atoms with Gasteiger partial charge in [-0.3, -0.25) is 14.4 Å². The highest BCUT2D eigenvalue weighted by atomic mass is 16.7. The summed E-state index contributed by atoms with van der Waals surface area (Å²) in [4.78, 5) is 30.5. The summed E-state index contributed by atoms with van der Waals surface area (Å²) in [5.41, 5.74) is 5.82. The number of benzene rings is 1. The van der Waals surface area contributed by atoms with Gasteiger partial charge in [0.1, 0.15) is 12.1 Å². The summed E-state index contributed by atoms with van der Waals surface area (Å²) in [6.07, 6.45) is -0.524. The molecule has 5 heteroatoms. The van der Waals surface area contributed by atoms with Crippen LogP contribution in [-0.4, -0.2) is 28.4 Å². The lowest BCUT2D eigenvalue weighted by Gasteiger charge is -2.35. The molecule has 2 atom stereocenters. The first kappa shape index (κ1) is 17.6. The number of hydrogen-bond donors (Lipinski definition) is 1. The predicted octanol–water partition coefficient (Wildman–Crippen LogP) is 2.86. The molecule has 0 bridgehead atoms. The third-order valence-electron chi connectivity index (χ3n) is 3.92. The number of hydroxylamine groups is 2. The Hall–Kier alpha value is -1.72. The normalized spacial score (nSPS) is 23.3. The van der Waals surface area contributed by atoms with Crippen LogP contribution < -0.4 is 5.73 Å². The third-order valence-corrected chi connectivity index (χ3v) is 3.92. The van der Waals surface area contributed by atoms with Gasteiger partial charge in [0.25, 0.3) is 0 Å². The van der Waals surface area contributed by atoms with Crippen LogP contribution in [0.1, 0.15) is 63.5 Å². The van der Waals surface area contributed by atoms with Crippen molar-refractivity contribution in [3.05, 3.63) is 35.4 Å². The molecule has 5 nitrogen and oxygen atoms in total. The maximum Gasteiger partial charge on any atom is 0.248 e. The lowest BCUT2D eigenvalue weighted by atomic mass is 9.83. The zero-order valence-corrected chi connectivity index (χ0v) is 14.7. The molecular formula is C18H26N2O3. The van der Waals surface area contributed by atoms with Crippen LogP contribution in [0.3, 0.4) is 0 Å². The smallest absolute Gasteiger partial charge is 0.248 e. The number of primary amides is 1. The molecule has 0 spiro atoms. The fourth-order valence-corrected chi connectivity index (χ4v) is 2.78. The first-order chi connectivity index (χ1) is 10.4. The van der Waals surface area contributed by atoms with E-state index in [0.29, 0.717) is 5.56 Å². The summed E-state index contributed by atoms with van der Waals surface area (Å²) in [6, 6.07) is 6.36. The van der Waals surface area contributed by atoms with Crippen molar-refractivity contribution in [3.8, 4) is 0 Å². The van der Waals surface area contributed by atoms with Crippen LogP contribution in [0.2, 0.25) is 0 Å². The van der Waals surface area contributed by atoms with E-state index in [0.717, 1.165) is 5.56 Å². The van der Waals surface area contributed by atoms with Crippen LogP contribution in [0.4, 0.5) is 0 Å². The number of nitrogens with two attached hydrogens (primary N) is 1. The van der Waals surface area contributed by atoms with Crippen LogP contribution in [0.5, 0.6) is 0 Å². The number of Topliss-reactive ketones (excluding diaryl/α,β-unsaturated/α-hetero) is 1. The third kappa shape index (κ3) is 3.46. The summed E-state index contributed by atoms with van der Waals surface area (Å²) >= 11 is 0. The van der Waals surface area contributed by atoms with E-state index in [9.17, 15) is 9.59 Å². The van der Waals surface area contributed by atoms with Crippen LogP contribution >= 0.6 is 0 Å². The number of nitrogens with zero attached hydrogens (tertiary/aromatic N) is 1. The van der Waals surface area contributed by atoms with Crippen molar-refractivity contribution in [2.24, 2.45) is 11.1 Å². The van der Waals surface area contributed by atoms with Gasteiger partial charge in [0.05, 0.1) is 0 Å². The van der Waals surface area contributed by atoms with Gasteiger partial charge in [-0.05, 0) is 43.9 Å². The molecule has 1 aliphatic rings. The lowest BCUT2D eigenvalue weighted by molar-refractivity contribution is -0.229. The summed E-state index contributed by atoms with van der Waals surface area (Å²) in [5.74, 6) is -0.498. The standard InChI is InChI=1S/C18H26N2O3/c1-17(2,3)15-14(21)13(20(23-15)18(4,5)6)11-8-7-9-12(10-11)16(19)22/h7-10,13,15H,1-6H3,(H2,19,22). The highest BCUT2D eigenvalue weighted by molar-refractivity contribution is 5.94. The van der Waals surface area contributed by atoms with Gasteiger partial charge >= 0.3 is 0 Å². The monoisotopic (exact) mass is 318 g/mol. The van der Waals surface area contributed by atoms with Gasteiger partial charge in [-0.25, -0.2) is 0 Å². The average molecular weight is 318 g/mol. The van der Waals surface area contributed by atoms with E-state index in [1.807, 2.05) is 47.6 Å². The Bertz CT molecular complexity index is 626. The number of amides is 1. The van der Waals surface area contributed by atoms with Gasteiger partial charge in [0, 0.05) is 11.1 Å². The Kier molecular flexibility index (Phi) is 4.39. The molecule has 2 N–H and O–H groups in total. The van der Waals surface area contributed by atoms with E-state index >= 15 is 0 Å². The molecule has 1 aliphatic heterocycles. The van der Waals surface area contributed by atoms with Crippen molar-refractivity contribution in [2.75, 3.05) is 0 Å². The molecule has 0 saturated carbocycles. The molecule has 0 aliphatic carbocycles. The number of rotatable bonds is 2. The number of ketones is 1. The molecule has 2 rings (SSSR count). The first-order valence-electron chi connectivity index (χ1n) is 7.82. The highest BCUT2D eigenvalue weighted by Gasteiger charge is 2.51. The fourth-order valence-electron chi connectivity index (χ4n) is 2.78. The minimum Gasteiger partial charge on any atom is -0.366 e. The molecule has 23 heavy (non-hydrogen) atoms. The van der Waals surface area contributed by atoms with E-state index in [2.05, 4.69) is 0 Å². The van der Waals surface area contributed by atoms with Crippen LogP contribution in [0, 0.1) is 5.41 Å². The largest absolute Gasteiger partial charge is 0.366 e. The van der Waals surface area contributed by atoms with Gasteiger partial charge in [0.15, 0.2) is 5.78 Å². The summed E-state index contributed by atoms with van der Waals surface area (Å²) in [5, 5.41) is 1.74. The number of carbonyl (C=O) groups excluding carboxylic acids is 2. The molecule has 1 amide bonds. The number of carbonyl (C=O) groups is 2. The minimum atomic E-state index is -0.543. The lowest BCUT2D eigenvalue weighted by Crippen LogP contribution is -2.41. The van der Waals surface area contributed by atoms with Crippen molar-refractivity contribution < 1.29 is 14.4 Å². The second kappa shape index (κ2) is 5.73. The molecular weight excluding hydrogens is 292 g/mol. The van der Waals surface area contributed by atoms with Gasteiger partial charge in [-0.15, -0.1) is 0 Å². The molecule has 1 fully saturated rings. The van der Waals surface area contributed by atoms with E-state index in [1.165, 1.54) is 0 Å². The van der Waals surface area contributed by atoms with Crippen LogP contribution in [-0.2, 0) is 9.63 Å². The second-order valence-electron chi connectivity index (χ2n) is 8.14.